The van der Waals surface area contributed by atoms with Crippen LogP contribution >= 0.6 is 0 Å². The van der Waals surface area contributed by atoms with Crippen molar-refractivity contribution in [1.82, 2.24) is 14.7 Å². The van der Waals surface area contributed by atoms with E-state index >= 15 is 0 Å². The van der Waals surface area contributed by atoms with Crippen molar-refractivity contribution in [3.05, 3.63) is 82.3 Å². The van der Waals surface area contributed by atoms with Gasteiger partial charge in [-0.3, -0.25) is 14.3 Å². The van der Waals surface area contributed by atoms with E-state index in [1.807, 2.05) is 12.1 Å². The molecule has 1 aromatic heterocycles. The largest absolute Gasteiger partial charge is 0.347 e. The summed E-state index contributed by atoms with van der Waals surface area (Å²) in [6.07, 6.45) is -0.191. The molecule has 0 bridgehead atoms. The Morgan fingerprint density at radius 2 is 1.62 bits per heavy atom. The number of hydrogen-bond acceptors (Lipinski definition) is 5. The molecule has 1 saturated heterocycles. The number of nitriles is 1. The highest BCUT2D eigenvalue weighted by atomic mass is 32.2. The third kappa shape index (κ3) is 3.42. The topological polar surface area (TPSA) is 114 Å². The number of amides is 1. The molecule has 164 valence electrons. The highest BCUT2D eigenvalue weighted by molar-refractivity contribution is 7.92. The molecule has 2 heterocycles. The van der Waals surface area contributed by atoms with E-state index < -0.39 is 38.5 Å². The number of nitrogens with one attached hydrogen (secondary N) is 1. The molecule has 4 rings (SSSR count). The highest BCUT2D eigenvalue weighted by Crippen LogP contribution is 2.35. The van der Waals surface area contributed by atoms with Crippen molar-refractivity contribution in [2.75, 3.05) is 0 Å². The predicted octanol–water partition coefficient (Wildman–Crippen LogP) is 2.03. The van der Waals surface area contributed by atoms with Gasteiger partial charge in [-0.1, -0.05) is 36.4 Å². The zero-order chi connectivity index (χ0) is 23.0. The Labute approximate surface area is 185 Å². The van der Waals surface area contributed by atoms with E-state index in [-0.39, 0.29) is 16.9 Å². The van der Waals surface area contributed by atoms with Gasteiger partial charge in [0.25, 0.3) is 5.56 Å². The molecular weight excluding hydrogens is 428 g/mol. The van der Waals surface area contributed by atoms with Crippen molar-refractivity contribution in [2.45, 2.75) is 29.5 Å². The number of para-hydroxylation sites is 1. The van der Waals surface area contributed by atoms with Crippen LogP contribution in [-0.4, -0.2) is 28.9 Å². The Balaban J connectivity index is 1.90. The van der Waals surface area contributed by atoms with Crippen LogP contribution in [0.15, 0.2) is 70.4 Å². The minimum atomic E-state index is -3.95. The van der Waals surface area contributed by atoms with E-state index in [1.54, 1.807) is 61.1 Å². The summed E-state index contributed by atoms with van der Waals surface area (Å²) in [7, 11) is -2.25. The fourth-order valence-electron chi connectivity index (χ4n) is 4.23. The summed E-state index contributed by atoms with van der Waals surface area (Å²) in [6, 6.07) is 17.7. The van der Waals surface area contributed by atoms with Gasteiger partial charge in [0.15, 0.2) is 9.84 Å². The lowest BCUT2D eigenvalue weighted by Gasteiger charge is -2.33. The van der Waals surface area contributed by atoms with Gasteiger partial charge in [-0.05, 0) is 37.6 Å². The van der Waals surface area contributed by atoms with Crippen LogP contribution in [-0.2, 0) is 21.7 Å². The van der Waals surface area contributed by atoms with Crippen LogP contribution in [0.25, 0.3) is 5.69 Å². The second-order valence-corrected chi connectivity index (χ2v) is 9.94. The SMILES string of the molecule is Cc1c(C2NC(=O)C(C#N)CC2S(=O)(=O)c2ccccc2)c(=O)n(-c2ccccc2)n1C. The molecule has 2 aromatic carbocycles. The van der Waals surface area contributed by atoms with Crippen molar-refractivity contribution >= 4 is 15.7 Å². The maximum absolute atomic E-state index is 13.5. The number of sulfone groups is 1. The molecular formula is C23H22N4O4S. The monoisotopic (exact) mass is 450 g/mol. The average molecular weight is 451 g/mol. The lowest BCUT2D eigenvalue weighted by atomic mass is 9.90. The Morgan fingerprint density at radius 3 is 2.22 bits per heavy atom. The maximum atomic E-state index is 13.5. The minimum Gasteiger partial charge on any atom is -0.347 e. The van der Waals surface area contributed by atoms with Crippen molar-refractivity contribution in [1.29, 1.82) is 5.26 Å². The molecule has 1 amide bonds. The van der Waals surface area contributed by atoms with Gasteiger partial charge < -0.3 is 5.32 Å². The van der Waals surface area contributed by atoms with Gasteiger partial charge in [0, 0.05) is 12.7 Å². The molecule has 1 aliphatic rings. The van der Waals surface area contributed by atoms with E-state index in [0.717, 1.165) is 0 Å². The molecule has 8 nitrogen and oxygen atoms in total. The summed E-state index contributed by atoms with van der Waals surface area (Å²) in [5, 5.41) is 10.9. The van der Waals surface area contributed by atoms with Crippen LogP contribution in [0.1, 0.15) is 23.7 Å². The zero-order valence-electron chi connectivity index (χ0n) is 17.6. The van der Waals surface area contributed by atoms with Crippen LogP contribution in [0.2, 0.25) is 0 Å². The van der Waals surface area contributed by atoms with Crippen LogP contribution in [0.3, 0.4) is 0 Å². The Bertz CT molecular complexity index is 1370. The Morgan fingerprint density at radius 1 is 1.03 bits per heavy atom. The molecule has 1 fully saturated rings. The third-order valence-electron chi connectivity index (χ3n) is 5.99. The fourth-order valence-corrected chi connectivity index (χ4v) is 6.12. The molecule has 3 atom stereocenters. The van der Waals surface area contributed by atoms with E-state index in [9.17, 15) is 23.3 Å². The van der Waals surface area contributed by atoms with Crippen LogP contribution in [0.5, 0.6) is 0 Å². The average Bonchev–Trinajstić information content (AvgIpc) is 3.02. The van der Waals surface area contributed by atoms with Gasteiger partial charge in [-0.2, -0.15) is 5.26 Å². The van der Waals surface area contributed by atoms with E-state index in [2.05, 4.69) is 5.32 Å². The molecule has 32 heavy (non-hydrogen) atoms. The van der Waals surface area contributed by atoms with E-state index in [1.165, 1.54) is 16.8 Å². The molecule has 3 unspecified atom stereocenters. The van der Waals surface area contributed by atoms with Gasteiger partial charge in [0.1, 0.15) is 5.92 Å². The second kappa shape index (κ2) is 8.13. The molecule has 0 spiro atoms. The minimum absolute atomic E-state index is 0.0832. The van der Waals surface area contributed by atoms with Crippen LogP contribution in [0, 0.1) is 24.2 Å². The summed E-state index contributed by atoms with van der Waals surface area (Å²) in [6.45, 7) is 1.71. The number of hydrogen-bond donors (Lipinski definition) is 1. The maximum Gasteiger partial charge on any atom is 0.276 e. The number of aromatic nitrogens is 2. The normalized spacial score (nSPS) is 21.0. The number of piperidine rings is 1. The van der Waals surface area contributed by atoms with Crippen molar-refractivity contribution in [3.8, 4) is 11.8 Å². The van der Waals surface area contributed by atoms with Crippen molar-refractivity contribution < 1.29 is 13.2 Å². The van der Waals surface area contributed by atoms with E-state index in [0.29, 0.717) is 11.4 Å². The number of nitrogens with zero attached hydrogens (tertiary/aromatic N) is 3. The van der Waals surface area contributed by atoms with Gasteiger partial charge >= 0.3 is 0 Å². The lowest BCUT2D eigenvalue weighted by Crippen LogP contribution is -2.50. The quantitative estimate of drug-likeness (QED) is 0.653. The first-order valence-corrected chi connectivity index (χ1v) is 11.6. The number of carbonyl (C=O) groups is 1. The lowest BCUT2D eigenvalue weighted by molar-refractivity contribution is -0.125. The Hall–Kier alpha value is -3.64. The first-order valence-electron chi connectivity index (χ1n) is 10.1. The molecule has 0 aliphatic carbocycles. The summed E-state index contributed by atoms with van der Waals surface area (Å²) >= 11 is 0. The smallest absolute Gasteiger partial charge is 0.276 e. The number of benzene rings is 2. The first kappa shape index (κ1) is 21.6. The second-order valence-electron chi connectivity index (χ2n) is 7.78. The molecule has 1 N–H and O–H groups in total. The molecule has 9 heteroatoms. The zero-order valence-corrected chi connectivity index (χ0v) is 18.4. The predicted molar refractivity (Wildman–Crippen MR) is 118 cm³/mol. The third-order valence-corrected chi connectivity index (χ3v) is 8.18. The molecule has 1 aliphatic heterocycles. The van der Waals surface area contributed by atoms with Crippen LogP contribution < -0.4 is 10.9 Å². The van der Waals surface area contributed by atoms with Gasteiger partial charge in [0.05, 0.1) is 33.5 Å². The Kier molecular flexibility index (Phi) is 5.48. The molecule has 0 saturated carbocycles. The van der Waals surface area contributed by atoms with E-state index in [4.69, 9.17) is 0 Å². The molecule has 0 radical (unpaired) electrons. The summed E-state index contributed by atoms with van der Waals surface area (Å²) in [5.41, 5.74) is 0.942. The molecule has 3 aromatic rings. The summed E-state index contributed by atoms with van der Waals surface area (Å²) < 4.78 is 30.2. The van der Waals surface area contributed by atoms with Crippen molar-refractivity contribution in [3.63, 3.8) is 0 Å². The standard InChI is InChI=1S/C23H22N4O4S/c1-15-20(23(29)27(26(15)2)17-9-5-3-6-10-17)21-19(13-16(14-24)22(28)25-21)32(30,31)18-11-7-4-8-12-18/h3-12,16,19,21H,13H2,1-2H3,(H,25,28). The summed E-state index contributed by atoms with van der Waals surface area (Å²) in [4.78, 5) is 26.1. The summed E-state index contributed by atoms with van der Waals surface area (Å²) in [5.74, 6) is -1.69. The highest BCUT2D eigenvalue weighted by Gasteiger charge is 2.46. The number of rotatable bonds is 4. The van der Waals surface area contributed by atoms with Gasteiger partial charge in [-0.15, -0.1) is 0 Å². The first-order chi connectivity index (χ1) is 15.3. The fraction of sp³-hybridized carbons (Fsp3) is 0.261. The number of carbonyl (C=O) groups excluding carboxylic acids is 1. The van der Waals surface area contributed by atoms with Crippen LogP contribution in [0.4, 0.5) is 0 Å². The van der Waals surface area contributed by atoms with Gasteiger partial charge in [-0.25, -0.2) is 13.1 Å². The van der Waals surface area contributed by atoms with Gasteiger partial charge in [0.2, 0.25) is 5.91 Å². The van der Waals surface area contributed by atoms with Crippen molar-refractivity contribution in [2.24, 2.45) is 13.0 Å².